The van der Waals surface area contributed by atoms with Crippen molar-refractivity contribution < 1.29 is 19.1 Å². The summed E-state index contributed by atoms with van der Waals surface area (Å²) in [5, 5.41) is 5.97. The molecule has 0 unspecified atom stereocenters. The number of carbonyl (C=O) groups excluding carboxylic acids is 2. The van der Waals surface area contributed by atoms with Crippen LogP contribution >= 0.6 is 21.6 Å². The largest absolute Gasteiger partial charge is 0.371 e. The van der Waals surface area contributed by atoms with Gasteiger partial charge in [-0.05, 0) is 120 Å². The van der Waals surface area contributed by atoms with E-state index < -0.39 is 0 Å². The topological polar surface area (TPSA) is 82.5 Å². The predicted octanol–water partition coefficient (Wildman–Crippen LogP) is 5.13. The van der Waals surface area contributed by atoms with Gasteiger partial charge in [0.25, 0.3) is 11.8 Å². The van der Waals surface area contributed by atoms with E-state index in [1.54, 1.807) is 27.8 Å². The van der Waals surface area contributed by atoms with Crippen molar-refractivity contribution in [3.05, 3.63) is 118 Å². The van der Waals surface area contributed by atoms with Crippen molar-refractivity contribution in [2.45, 2.75) is 57.9 Å². The number of nitrogens with one attached hydrogen (secondary N) is 3. The van der Waals surface area contributed by atoms with E-state index in [0.717, 1.165) is 35.5 Å². The lowest BCUT2D eigenvalue weighted by Crippen LogP contribution is -2.72. The maximum atomic E-state index is 12.5. The standard InChI is InChI=1S/C46H54N6O2S2/c1-2-35(11-13-37-29-39-7-3-21-51-22-4-8-40(30-37)45(39)51)15-18-47-33-43(53)48-19-27-55-56-28-20-49-44(54)34-50-25-16-36(17-26-50)12-14-38-31-41-9-5-23-52-24-6-10-42(32-38)46(41)52/h2,11-18,25-26,29-32H,1,3-10,19-24,27-28,33-34H2,(H-,48,49,53,54)/p+2/b13-11+,35-15+,47-18?. The molecule has 0 saturated carbocycles. The molecule has 3 N–H and O–H groups in total. The van der Waals surface area contributed by atoms with E-state index >= 15 is 0 Å². The highest BCUT2D eigenvalue weighted by Crippen LogP contribution is 2.37. The Hall–Kier alpha value is -4.54. The van der Waals surface area contributed by atoms with Crippen molar-refractivity contribution in [1.82, 2.24) is 10.6 Å². The summed E-state index contributed by atoms with van der Waals surface area (Å²) in [6.07, 6.45) is 27.8. The molecule has 4 aliphatic rings. The first-order valence-corrected chi connectivity index (χ1v) is 22.8. The number of pyridine rings is 1. The van der Waals surface area contributed by atoms with Crippen LogP contribution in [0.5, 0.6) is 0 Å². The SMILES string of the molecule is C=CC(/C=C/c1cc2c3c(c1)CCCN3CCC2)=C\C=[NH+]CC(=O)NCCSSCCNC(=O)C[n+]1ccc(/C=C/c2cc3c4c(c2)CCCN4CCC3)cc1. The zero-order valence-electron chi connectivity index (χ0n) is 32.6. The quantitative estimate of drug-likeness (QED) is 0.0579. The lowest BCUT2D eigenvalue weighted by molar-refractivity contribution is -0.684. The van der Waals surface area contributed by atoms with Crippen molar-refractivity contribution in [2.24, 2.45) is 0 Å². The van der Waals surface area contributed by atoms with E-state index in [1.807, 2.05) is 29.1 Å². The third kappa shape index (κ3) is 10.9. The monoisotopic (exact) mass is 788 g/mol. The molecule has 2 aromatic carbocycles. The molecular weight excluding hydrogens is 733 g/mol. The molecule has 292 valence electrons. The molecule has 4 aliphatic heterocycles. The van der Waals surface area contributed by atoms with Crippen molar-refractivity contribution >= 4 is 69.2 Å². The number of carbonyl (C=O) groups is 2. The Kier molecular flexibility index (Phi) is 14.2. The maximum Gasteiger partial charge on any atom is 0.286 e. The maximum absolute atomic E-state index is 12.5. The third-order valence-corrected chi connectivity index (χ3v) is 13.3. The van der Waals surface area contributed by atoms with Gasteiger partial charge in [-0.1, -0.05) is 58.5 Å². The van der Waals surface area contributed by atoms with E-state index in [2.05, 4.69) is 92.7 Å². The zero-order valence-corrected chi connectivity index (χ0v) is 34.2. The van der Waals surface area contributed by atoms with Gasteiger partial charge in [-0.25, -0.2) is 4.99 Å². The Labute approximate surface area is 340 Å². The van der Waals surface area contributed by atoms with Gasteiger partial charge in [0.05, 0.1) is 0 Å². The Morgan fingerprint density at radius 3 is 1.75 bits per heavy atom. The van der Waals surface area contributed by atoms with Crippen LogP contribution in [0.25, 0.3) is 18.2 Å². The highest BCUT2D eigenvalue weighted by atomic mass is 33.1. The molecule has 0 spiro atoms. The molecular formula is C46H56N6O2S2+2. The van der Waals surface area contributed by atoms with E-state index in [0.29, 0.717) is 19.6 Å². The normalized spacial score (nSPS) is 16.3. The van der Waals surface area contributed by atoms with Crippen LogP contribution in [0.4, 0.5) is 11.4 Å². The van der Waals surface area contributed by atoms with Gasteiger partial charge < -0.3 is 20.4 Å². The second-order valence-electron chi connectivity index (χ2n) is 15.0. The van der Waals surface area contributed by atoms with Crippen LogP contribution in [0.15, 0.2) is 79.2 Å². The molecule has 2 amide bonds. The van der Waals surface area contributed by atoms with Crippen molar-refractivity contribution in [2.75, 3.05) is 67.1 Å². The van der Waals surface area contributed by atoms with E-state index in [9.17, 15) is 9.59 Å². The number of allylic oxidation sites excluding steroid dienone is 4. The van der Waals surface area contributed by atoms with Gasteiger partial charge in [0.15, 0.2) is 18.6 Å². The molecule has 7 rings (SSSR count). The fourth-order valence-corrected chi connectivity index (χ4v) is 10.1. The minimum Gasteiger partial charge on any atom is -0.371 e. The average molecular weight is 789 g/mol. The van der Waals surface area contributed by atoms with Crippen LogP contribution in [0.3, 0.4) is 0 Å². The molecule has 0 radical (unpaired) electrons. The molecule has 3 aromatic rings. The van der Waals surface area contributed by atoms with Crippen LogP contribution in [0.2, 0.25) is 0 Å². The highest BCUT2D eigenvalue weighted by Gasteiger charge is 2.25. The second kappa shape index (κ2) is 20.1. The van der Waals surface area contributed by atoms with E-state index in [-0.39, 0.29) is 18.4 Å². The fraction of sp³-hybridized carbons (Fsp3) is 0.391. The van der Waals surface area contributed by atoms with Crippen LogP contribution in [0.1, 0.15) is 64.6 Å². The second-order valence-corrected chi connectivity index (χ2v) is 17.7. The summed E-state index contributed by atoms with van der Waals surface area (Å²) < 4.78 is 1.91. The summed E-state index contributed by atoms with van der Waals surface area (Å²) in [4.78, 5) is 33.0. The van der Waals surface area contributed by atoms with Crippen LogP contribution in [-0.4, -0.2) is 75.3 Å². The van der Waals surface area contributed by atoms with Crippen molar-refractivity contribution in [1.29, 1.82) is 0 Å². The minimum absolute atomic E-state index is 0.00100. The van der Waals surface area contributed by atoms with Gasteiger partial charge in [-0.3, -0.25) is 9.59 Å². The lowest BCUT2D eigenvalue weighted by atomic mass is 9.90. The summed E-state index contributed by atoms with van der Waals surface area (Å²) >= 11 is 0. The van der Waals surface area contributed by atoms with Gasteiger partial charge in [0, 0.05) is 80.4 Å². The number of hydrogen-bond acceptors (Lipinski definition) is 6. The first kappa shape index (κ1) is 39.7. The molecule has 0 atom stereocenters. The van der Waals surface area contributed by atoms with E-state index in [4.69, 9.17) is 0 Å². The van der Waals surface area contributed by atoms with E-state index in [1.165, 1.54) is 109 Å². The van der Waals surface area contributed by atoms with Crippen molar-refractivity contribution in [3.63, 3.8) is 0 Å². The van der Waals surface area contributed by atoms with Crippen molar-refractivity contribution in [3.8, 4) is 0 Å². The number of anilines is 2. The Balaban J connectivity index is 0.736. The number of rotatable bonds is 17. The number of benzene rings is 2. The van der Waals surface area contributed by atoms with Gasteiger partial charge >= 0.3 is 0 Å². The summed E-state index contributed by atoms with van der Waals surface area (Å²) in [7, 11) is 3.40. The summed E-state index contributed by atoms with van der Waals surface area (Å²) in [6.45, 7) is 10.4. The Morgan fingerprint density at radius 2 is 1.21 bits per heavy atom. The molecule has 5 heterocycles. The summed E-state index contributed by atoms with van der Waals surface area (Å²) in [5.41, 5.74) is 13.6. The number of aromatic nitrogens is 1. The summed E-state index contributed by atoms with van der Waals surface area (Å²) in [6, 6.07) is 13.5. The highest BCUT2D eigenvalue weighted by molar-refractivity contribution is 8.76. The van der Waals surface area contributed by atoms with Gasteiger partial charge in [0.2, 0.25) is 13.1 Å². The smallest absolute Gasteiger partial charge is 0.286 e. The summed E-state index contributed by atoms with van der Waals surface area (Å²) in [5.74, 6) is 1.55. The minimum atomic E-state index is -0.0443. The number of aryl methyl sites for hydroxylation is 4. The average Bonchev–Trinajstić information content (AvgIpc) is 3.21. The van der Waals surface area contributed by atoms with Gasteiger partial charge in [0.1, 0.15) is 0 Å². The molecule has 10 heteroatoms. The Morgan fingerprint density at radius 1 is 0.714 bits per heavy atom. The molecule has 0 fully saturated rings. The molecule has 0 bridgehead atoms. The number of nitrogens with zero attached hydrogens (tertiary/aromatic N) is 3. The first-order valence-electron chi connectivity index (χ1n) is 20.4. The molecule has 0 saturated heterocycles. The van der Waals surface area contributed by atoms with Crippen LogP contribution in [0, 0.1) is 0 Å². The predicted molar refractivity (Wildman–Crippen MR) is 236 cm³/mol. The molecule has 1 aromatic heterocycles. The molecule has 0 aliphatic carbocycles. The zero-order chi connectivity index (χ0) is 38.5. The Bertz CT molecular complexity index is 1940. The van der Waals surface area contributed by atoms with Gasteiger partial charge in [-0.15, -0.1) is 0 Å². The first-order chi connectivity index (χ1) is 27.5. The fourth-order valence-electron chi connectivity index (χ4n) is 8.29. The molecule has 56 heavy (non-hydrogen) atoms. The van der Waals surface area contributed by atoms with Crippen LogP contribution in [-0.2, 0) is 41.8 Å². The third-order valence-electron chi connectivity index (χ3n) is 10.9. The number of hydrogen-bond donors (Lipinski definition) is 3. The van der Waals surface area contributed by atoms with Crippen LogP contribution < -0.4 is 30.0 Å². The number of amides is 2. The van der Waals surface area contributed by atoms with Gasteiger partial charge in [-0.2, -0.15) is 4.57 Å². The lowest BCUT2D eigenvalue weighted by Gasteiger charge is -2.37. The molecule has 8 nitrogen and oxygen atoms in total.